The van der Waals surface area contributed by atoms with Gasteiger partial charge in [-0.25, -0.2) is 0 Å². The van der Waals surface area contributed by atoms with Crippen molar-refractivity contribution in [3.05, 3.63) is 0 Å². The summed E-state index contributed by atoms with van der Waals surface area (Å²) in [4.78, 5) is 16.3. The third kappa shape index (κ3) is 2.68. The summed E-state index contributed by atoms with van der Waals surface area (Å²) in [6.07, 6.45) is 2.30. The van der Waals surface area contributed by atoms with Crippen LogP contribution in [0.15, 0.2) is 0 Å². The van der Waals surface area contributed by atoms with Crippen LogP contribution in [0.1, 0.15) is 19.8 Å². The summed E-state index contributed by atoms with van der Waals surface area (Å²) in [5.74, 6) is 0.132. The Morgan fingerprint density at radius 2 is 2.11 bits per heavy atom. The van der Waals surface area contributed by atoms with Crippen LogP contribution in [0.4, 0.5) is 0 Å². The second-order valence-corrected chi connectivity index (χ2v) is 5.16. The molecular weight excluding hydrogens is 232 g/mol. The highest BCUT2D eigenvalue weighted by Crippen LogP contribution is 2.38. The Kier molecular flexibility index (Phi) is 4.59. The number of likely N-dealkylation sites (tertiary alicyclic amines) is 2. The number of carbonyl (C=O) groups is 1. The molecule has 0 N–H and O–H groups in total. The molecule has 0 saturated carbocycles. The van der Waals surface area contributed by atoms with Crippen LogP contribution >= 0.6 is 0 Å². The Bertz CT molecular complexity index is 298. The minimum Gasteiger partial charge on any atom is -0.383 e. The lowest BCUT2D eigenvalue weighted by atomic mass is 9.84. The van der Waals surface area contributed by atoms with E-state index in [1.807, 2.05) is 11.8 Å². The minimum atomic E-state index is 0.132. The van der Waals surface area contributed by atoms with E-state index in [9.17, 15) is 4.79 Å². The maximum atomic E-state index is 11.9. The van der Waals surface area contributed by atoms with Crippen LogP contribution in [-0.4, -0.2) is 74.4 Å². The van der Waals surface area contributed by atoms with E-state index in [1.165, 1.54) is 6.42 Å². The number of carbonyl (C=O) groups excluding carboxylic acids is 1. The van der Waals surface area contributed by atoms with Crippen molar-refractivity contribution in [2.24, 2.45) is 0 Å². The lowest BCUT2D eigenvalue weighted by Gasteiger charge is -2.50. The molecule has 1 amide bonds. The van der Waals surface area contributed by atoms with Gasteiger partial charge in [0, 0.05) is 45.4 Å². The molecule has 2 aliphatic heterocycles. The molecule has 5 heteroatoms. The van der Waals surface area contributed by atoms with Gasteiger partial charge >= 0.3 is 0 Å². The maximum absolute atomic E-state index is 11.9. The first-order chi connectivity index (χ1) is 8.72. The zero-order chi connectivity index (χ0) is 13.0. The molecule has 18 heavy (non-hydrogen) atoms. The third-order valence-corrected chi connectivity index (χ3v) is 4.20. The third-order valence-electron chi connectivity index (χ3n) is 4.20. The highest BCUT2D eigenvalue weighted by molar-refractivity contribution is 5.78. The van der Waals surface area contributed by atoms with Gasteiger partial charge in [-0.3, -0.25) is 9.69 Å². The average molecular weight is 256 g/mol. The SMILES string of the molecule is CCOCC(=O)N1CCC2(CCN2CCOC)C1. The Labute approximate surface area is 109 Å². The first kappa shape index (κ1) is 13.8. The van der Waals surface area contributed by atoms with Crippen molar-refractivity contribution < 1.29 is 14.3 Å². The highest BCUT2D eigenvalue weighted by atomic mass is 16.5. The summed E-state index contributed by atoms with van der Waals surface area (Å²) in [5, 5.41) is 0. The molecule has 1 unspecified atom stereocenters. The summed E-state index contributed by atoms with van der Waals surface area (Å²) in [6, 6.07) is 0. The molecule has 1 atom stereocenters. The van der Waals surface area contributed by atoms with Crippen LogP contribution in [0, 0.1) is 0 Å². The van der Waals surface area contributed by atoms with Crippen molar-refractivity contribution in [1.82, 2.24) is 9.80 Å². The summed E-state index contributed by atoms with van der Waals surface area (Å²) in [6.45, 7) is 7.36. The molecule has 0 aromatic heterocycles. The van der Waals surface area contributed by atoms with E-state index < -0.39 is 0 Å². The van der Waals surface area contributed by atoms with Gasteiger partial charge in [-0.15, -0.1) is 0 Å². The molecule has 104 valence electrons. The van der Waals surface area contributed by atoms with E-state index in [2.05, 4.69) is 4.90 Å². The van der Waals surface area contributed by atoms with Crippen molar-refractivity contribution in [3.63, 3.8) is 0 Å². The largest absolute Gasteiger partial charge is 0.383 e. The molecule has 0 aliphatic carbocycles. The Hall–Kier alpha value is -0.650. The summed E-state index contributed by atoms with van der Waals surface area (Å²) < 4.78 is 10.3. The molecule has 5 nitrogen and oxygen atoms in total. The van der Waals surface area contributed by atoms with Gasteiger partial charge in [0.05, 0.1) is 6.61 Å². The fourth-order valence-corrected chi connectivity index (χ4v) is 2.95. The fourth-order valence-electron chi connectivity index (χ4n) is 2.95. The van der Waals surface area contributed by atoms with Gasteiger partial charge in [0.1, 0.15) is 6.61 Å². The topological polar surface area (TPSA) is 42.0 Å². The first-order valence-electron chi connectivity index (χ1n) is 6.81. The lowest BCUT2D eigenvalue weighted by molar-refractivity contribution is -0.136. The molecule has 2 heterocycles. The number of hydrogen-bond acceptors (Lipinski definition) is 4. The van der Waals surface area contributed by atoms with Crippen molar-refractivity contribution >= 4 is 5.91 Å². The quantitative estimate of drug-likeness (QED) is 0.687. The smallest absolute Gasteiger partial charge is 0.248 e. The maximum Gasteiger partial charge on any atom is 0.248 e. The minimum absolute atomic E-state index is 0.132. The summed E-state index contributed by atoms with van der Waals surface area (Å²) in [7, 11) is 1.74. The van der Waals surface area contributed by atoms with Crippen molar-refractivity contribution in [3.8, 4) is 0 Å². The Morgan fingerprint density at radius 1 is 1.33 bits per heavy atom. The Balaban J connectivity index is 1.82. The molecular formula is C13H24N2O3. The number of hydrogen-bond donors (Lipinski definition) is 0. The predicted octanol–water partition coefficient (Wildman–Crippen LogP) is 0.346. The standard InChI is InChI=1S/C13H24N2O3/c1-3-18-10-12(16)14-6-4-13(11-14)5-7-15(13)8-9-17-2/h3-11H2,1-2H3. The molecule has 0 aromatic carbocycles. The summed E-state index contributed by atoms with van der Waals surface area (Å²) in [5.41, 5.74) is 0.237. The Morgan fingerprint density at radius 3 is 2.72 bits per heavy atom. The van der Waals surface area contributed by atoms with Crippen LogP contribution in [0.5, 0.6) is 0 Å². The average Bonchev–Trinajstić information content (AvgIpc) is 2.82. The van der Waals surface area contributed by atoms with E-state index in [-0.39, 0.29) is 18.1 Å². The first-order valence-corrected chi connectivity index (χ1v) is 6.81. The number of methoxy groups -OCH3 is 1. The molecule has 2 rings (SSSR count). The van der Waals surface area contributed by atoms with Gasteiger partial charge in [0.25, 0.3) is 0 Å². The van der Waals surface area contributed by atoms with E-state index in [1.54, 1.807) is 7.11 Å². The van der Waals surface area contributed by atoms with Gasteiger partial charge < -0.3 is 14.4 Å². The molecule has 2 saturated heterocycles. The van der Waals surface area contributed by atoms with Gasteiger partial charge in [0.2, 0.25) is 5.91 Å². The van der Waals surface area contributed by atoms with Crippen LogP contribution in [0.2, 0.25) is 0 Å². The summed E-state index contributed by atoms with van der Waals surface area (Å²) >= 11 is 0. The molecule has 2 aliphatic rings. The normalized spacial score (nSPS) is 27.8. The van der Waals surface area contributed by atoms with Gasteiger partial charge in [0.15, 0.2) is 0 Å². The lowest BCUT2D eigenvalue weighted by Crippen LogP contribution is -2.62. The van der Waals surface area contributed by atoms with E-state index in [0.29, 0.717) is 6.61 Å². The second-order valence-electron chi connectivity index (χ2n) is 5.16. The van der Waals surface area contributed by atoms with Crippen LogP contribution in [-0.2, 0) is 14.3 Å². The van der Waals surface area contributed by atoms with Crippen LogP contribution < -0.4 is 0 Å². The number of nitrogens with zero attached hydrogens (tertiary/aromatic N) is 2. The highest BCUT2D eigenvalue weighted by Gasteiger charge is 2.49. The predicted molar refractivity (Wildman–Crippen MR) is 68.5 cm³/mol. The fraction of sp³-hybridized carbons (Fsp3) is 0.923. The molecule has 0 bridgehead atoms. The zero-order valence-electron chi connectivity index (χ0n) is 11.5. The van der Waals surface area contributed by atoms with Gasteiger partial charge in [-0.2, -0.15) is 0 Å². The van der Waals surface area contributed by atoms with E-state index in [4.69, 9.17) is 9.47 Å². The van der Waals surface area contributed by atoms with E-state index in [0.717, 1.165) is 39.2 Å². The number of amides is 1. The van der Waals surface area contributed by atoms with E-state index >= 15 is 0 Å². The van der Waals surface area contributed by atoms with Crippen molar-refractivity contribution in [2.75, 3.05) is 53.1 Å². The van der Waals surface area contributed by atoms with Crippen LogP contribution in [0.25, 0.3) is 0 Å². The molecule has 0 aromatic rings. The number of ether oxygens (including phenoxy) is 2. The van der Waals surface area contributed by atoms with Crippen LogP contribution in [0.3, 0.4) is 0 Å². The molecule has 2 fully saturated rings. The van der Waals surface area contributed by atoms with Crippen molar-refractivity contribution in [2.45, 2.75) is 25.3 Å². The van der Waals surface area contributed by atoms with Gasteiger partial charge in [-0.05, 0) is 19.8 Å². The molecule has 1 spiro atoms. The number of rotatable bonds is 6. The van der Waals surface area contributed by atoms with Crippen molar-refractivity contribution in [1.29, 1.82) is 0 Å². The molecule has 0 radical (unpaired) electrons. The second kappa shape index (κ2) is 5.99. The van der Waals surface area contributed by atoms with Gasteiger partial charge in [-0.1, -0.05) is 0 Å². The zero-order valence-corrected chi connectivity index (χ0v) is 11.5. The monoisotopic (exact) mass is 256 g/mol.